The molecule has 1 rings (SSSR count). The molecule has 0 radical (unpaired) electrons. The van der Waals surface area contributed by atoms with E-state index in [1.165, 1.54) is 5.56 Å². The Morgan fingerprint density at radius 2 is 1.79 bits per heavy atom. The van der Waals surface area contributed by atoms with Gasteiger partial charge in [0.2, 0.25) is 0 Å². The van der Waals surface area contributed by atoms with Gasteiger partial charge in [0.15, 0.2) is 0 Å². The van der Waals surface area contributed by atoms with Crippen molar-refractivity contribution in [1.29, 1.82) is 0 Å². The standard InChI is InChI=1S/C17H26O2/c1-13(16(18)19)10-15(12-17(2,3)4)11-14-8-6-5-7-9-14/h5-9,13,15H,10-12H2,1-4H3,(H,18,19)/t13-,15-/m1/s1. The van der Waals surface area contributed by atoms with E-state index < -0.39 is 5.97 Å². The van der Waals surface area contributed by atoms with Gasteiger partial charge in [-0.2, -0.15) is 0 Å². The molecule has 0 aliphatic rings. The number of aliphatic carboxylic acids is 1. The van der Waals surface area contributed by atoms with Crippen molar-refractivity contribution in [2.24, 2.45) is 17.3 Å². The van der Waals surface area contributed by atoms with Gasteiger partial charge >= 0.3 is 5.97 Å². The number of carboxylic acid groups (broad SMARTS) is 1. The zero-order valence-electron chi connectivity index (χ0n) is 12.5. The Labute approximate surface area is 116 Å². The summed E-state index contributed by atoms with van der Waals surface area (Å²) in [5.74, 6) is -0.531. The lowest BCUT2D eigenvalue weighted by atomic mass is 9.78. The molecule has 0 bridgehead atoms. The molecule has 1 N–H and O–H groups in total. The van der Waals surface area contributed by atoms with Gasteiger partial charge in [0.25, 0.3) is 0 Å². The molecular formula is C17H26O2. The van der Waals surface area contributed by atoms with Crippen LogP contribution in [0.1, 0.15) is 46.1 Å². The van der Waals surface area contributed by atoms with Gasteiger partial charge in [-0.3, -0.25) is 4.79 Å². The zero-order chi connectivity index (χ0) is 14.5. The highest BCUT2D eigenvalue weighted by atomic mass is 16.4. The summed E-state index contributed by atoms with van der Waals surface area (Å²) in [4.78, 5) is 11.1. The summed E-state index contributed by atoms with van der Waals surface area (Å²) < 4.78 is 0. The second-order valence-corrected chi connectivity index (χ2v) is 6.80. The lowest BCUT2D eigenvalue weighted by molar-refractivity contribution is -0.141. The van der Waals surface area contributed by atoms with E-state index in [1.807, 2.05) is 25.1 Å². The molecule has 0 aromatic heterocycles. The highest BCUT2D eigenvalue weighted by Gasteiger charge is 2.23. The zero-order valence-corrected chi connectivity index (χ0v) is 12.5. The Morgan fingerprint density at radius 3 is 2.26 bits per heavy atom. The Balaban J connectivity index is 2.72. The van der Waals surface area contributed by atoms with Crippen LogP contribution in [0.25, 0.3) is 0 Å². The van der Waals surface area contributed by atoms with Crippen molar-refractivity contribution in [1.82, 2.24) is 0 Å². The Kier molecular flexibility index (Phi) is 5.59. The summed E-state index contributed by atoms with van der Waals surface area (Å²) in [5.41, 5.74) is 1.53. The summed E-state index contributed by atoms with van der Waals surface area (Å²) >= 11 is 0. The molecule has 1 aromatic rings. The first-order valence-electron chi connectivity index (χ1n) is 7.04. The van der Waals surface area contributed by atoms with Gasteiger partial charge in [-0.25, -0.2) is 0 Å². The van der Waals surface area contributed by atoms with Gasteiger partial charge in [0.1, 0.15) is 0 Å². The third-order valence-electron chi connectivity index (χ3n) is 3.38. The van der Waals surface area contributed by atoms with Gasteiger partial charge < -0.3 is 5.11 Å². The van der Waals surface area contributed by atoms with Gasteiger partial charge in [0.05, 0.1) is 5.92 Å². The average Bonchev–Trinajstić information content (AvgIpc) is 2.27. The predicted octanol–water partition coefficient (Wildman–Crippen LogP) is 4.39. The van der Waals surface area contributed by atoms with Gasteiger partial charge in [-0.1, -0.05) is 58.0 Å². The van der Waals surface area contributed by atoms with Crippen LogP contribution in [-0.2, 0) is 11.2 Å². The van der Waals surface area contributed by atoms with E-state index in [9.17, 15) is 4.79 Å². The largest absolute Gasteiger partial charge is 0.481 e. The number of benzene rings is 1. The average molecular weight is 262 g/mol. The second kappa shape index (κ2) is 6.74. The first-order valence-corrected chi connectivity index (χ1v) is 7.04. The molecular weight excluding hydrogens is 236 g/mol. The molecule has 0 unspecified atom stereocenters. The SMILES string of the molecule is C[C@H](C[C@H](Cc1ccccc1)CC(C)(C)C)C(=O)O. The number of carboxylic acids is 1. The maximum atomic E-state index is 11.1. The van der Waals surface area contributed by atoms with Crippen LogP contribution in [0.3, 0.4) is 0 Å². The van der Waals surface area contributed by atoms with Gasteiger partial charge in [-0.15, -0.1) is 0 Å². The molecule has 2 nitrogen and oxygen atoms in total. The summed E-state index contributed by atoms with van der Waals surface area (Å²) in [7, 11) is 0. The number of hydrogen-bond donors (Lipinski definition) is 1. The molecule has 2 atom stereocenters. The third kappa shape index (κ3) is 6.42. The molecule has 0 spiro atoms. The van der Waals surface area contributed by atoms with E-state index in [2.05, 4.69) is 32.9 Å². The van der Waals surface area contributed by atoms with Crippen LogP contribution < -0.4 is 0 Å². The summed E-state index contributed by atoms with van der Waals surface area (Å²) in [6, 6.07) is 10.4. The first-order chi connectivity index (χ1) is 8.78. The maximum absolute atomic E-state index is 11.1. The molecule has 0 amide bonds. The smallest absolute Gasteiger partial charge is 0.306 e. The molecule has 0 saturated heterocycles. The van der Waals surface area contributed by atoms with Crippen molar-refractivity contribution in [3.8, 4) is 0 Å². The molecule has 0 heterocycles. The fraction of sp³-hybridized carbons (Fsp3) is 0.588. The van der Waals surface area contributed by atoms with Crippen molar-refractivity contribution in [2.45, 2.75) is 47.0 Å². The highest BCUT2D eigenvalue weighted by Crippen LogP contribution is 2.30. The summed E-state index contributed by atoms with van der Waals surface area (Å²) in [6.07, 6.45) is 2.77. The fourth-order valence-electron chi connectivity index (χ4n) is 2.65. The molecule has 0 saturated carbocycles. The number of carbonyl (C=O) groups is 1. The van der Waals surface area contributed by atoms with E-state index in [4.69, 9.17) is 5.11 Å². The monoisotopic (exact) mass is 262 g/mol. The van der Waals surface area contributed by atoms with Gasteiger partial charge in [-0.05, 0) is 36.2 Å². The van der Waals surface area contributed by atoms with Gasteiger partial charge in [0, 0.05) is 0 Å². The van der Waals surface area contributed by atoms with Crippen LogP contribution in [0, 0.1) is 17.3 Å². The lowest BCUT2D eigenvalue weighted by Crippen LogP contribution is -2.21. The number of hydrogen-bond acceptors (Lipinski definition) is 1. The van der Waals surface area contributed by atoms with Crippen molar-refractivity contribution >= 4 is 5.97 Å². The fourth-order valence-corrected chi connectivity index (χ4v) is 2.65. The molecule has 0 aliphatic heterocycles. The molecule has 1 aromatic carbocycles. The normalized spacial score (nSPS) is 14.9. The van der Waals surface area contributed by atoms with E-state index in [1.54, 1.807) is 0 Å². The second-order valence-electron chi connectivity index (χ2n) is 6.80. The first kappa shape index (κ1) is 15.7. The number of rotatable bonds is 6. The Morgan fingerprint density at radius 1 is 1.21 bits per heavy atom. The quantitative estimate of drug-likeness (QED) is 0.825. The summed E-state index contributed by atoms with van der Waals surface area (Å²) in [6.45, 7) is 8.46. The van der Waals surface area contributed by atoms with Crippen molar-refractivity contribution < 1.29 is 9.90 Å². The molecule has 106 valence electrons. The van der Waals surface area contributed by atoms with Crippen molar-refractivity contribution in [2.75, 3.05) is 0 Å². The van der Waals surface area contributed by atoms with E-state index in [0.717, 1.165) is 19.3 Å². The van der Waals surface area contributed by atoms with E-state index in [0.29, 0.717) is 5.92 Å². The van der Waals surface area contributed by atoms with E-state index in [-0.39, 0.29) is 11.3 Å². The maximum Gasteiger partial charge on any atom is 0.306 e. The minimum absolute atomic E-state index is 0.234. The van der Waals surface area contributed by atoms with Crippen LogP contribution >= 0.6 is 0 Å². The Bertz CT molecular complexity index is 389. The van der Waals surface area contributed by atoms with E-state index >= 15 is 0 Å². The minimum Gasteiger partial charge on any atom is -0.481 e. The molecule has 2 heteroatoms. The van der Waals surface area contributed by atoms with Crippen LogP contribution in [0.2, 0.25) is 0 Å². The lowest BCUT2D eigenvalue weighted by Gasteiger charge is -2.27. The van der Waals surface area contributed by atoms with Crippen LogP contribution in [0.4, 0.5) is 0 Å². The third-order valence-corrected chi connectivity index (χ3v) is 3.38. The topological polar surface area (TPSA) is 37.3 Å². The van der Waals surface area contributed by atoms with Crippen LogP contribution in [0.5, 0.6) is 0 Å². The van der Waals surface area contributed by atoms with Crippen LogP contribution in [-0.4, -0.2) is 11.1 Å². The summed E-state index contributed by atoms with van der Waals surface area (Å²) in [5, 5.41) is 9.10. The van der Waals surface area contributed by atoms with Crippen molar-refractivity contribution in [3.63, 3.8) is 0 Å². The predicted molar refractivity (Wildman–Crippen MR) is 79.1 cm³/mol. The minimum atomic E-state index is -0.688. The molecule has 19 heavy (non-hydrogen) atoms. The van der Waals surface area contributed by atoms with Crippen LogP contribution in [0.15, 0.2) is 30.3 Å². The Hall–Kier alpha value is -1.31. The molecule has 0 fully saturated rings. The molecule has 0 aliphatic carbocycles. The van der Waals surface area contributed by atoms with Crippen molar-refractivity contribution in [3.05, 3.63) is 35.9 Å². The highest BCUT2D eigenvalue weighted by molar-refractivity contribution is 5.69.